The van der Waals surface area contributed by atoms with Gasteiger partial charge in [0.15, 0.2) is 0 Å². The molecular formula is C23H28F3N3O6S2. The lowest BCUT2D eigenvalue weighted by atomic mass is 10.2. The van der Waals surface area contributed by atoms with Gasteiger partial charge in [0.05, 0.1) is 34.3 Å². The zero-order valence-corrected chi connectivity index (χ0v) is 21.7. The average Bonchev–Trinajstić information content (AvgIpc) is 3.41. The van der Waals surface area contributed by atoms with Crippen molar-refractivity contribution in [3.05, 3.63) is 48.0 Å². The summed E-state index contributed by atoms with van der Waals surface area (Å²) >= 11 is 0. The number of hydrogen-bond donors (Lipinski definition) is 1. The highest BCUT2D eigenvalue weighted by Gasteiger charge is 2.39. The van der Waals surface area contributed by atoms with Gasteiger partial charge < -0.3 is 14.4 Å². The van der Waals surface area contributed by atoms with Crippen molar-refractivity contribution in [2.24, 2.45) is 0 Å². The van der Waals surface area contributed by atoms with E-state index >= 15 is 0 Å². The van der Waals surface area contributed by atoms with Crippen LogP contribution in [0.2, 0.25) is 0 Å². The van der Waals surface area contributed by atoms with Crippen LogP contribution in [0.4, 0.5) is 18.9 Å². The second-order valence-electron chi connectivity index (χ2n) is 8.71. The fraction of sp³-hybridized carbons (Fsp3) is 0.478. The molecule has 0 aromatic heterocycles. The summed E-state index contributed by atoms with van der Waals surface area (Å²) in [7, 11) is -6.83. The number of piperazine rings is 1. The Balaban J connectivity index is 1.51. The minimum absolute atomic E-state index is 0.00968. The molecule has 2 aliphatic rings. The van der Waals surface area contributed by atoms with Crippen molar-refractivity contribution < 1.29 is 39.5 Å². The lowest BCUT2D eigenvalue weighted by Gasteiger charge is -2.36. The lowest BCUT2D eigenvalue weighted by molar-refractivity contribution is -0.139. The standard InChI is InChI=1S/C23H28F3N3O6S2/c1-34-21-9-8-18(36(30,31)27-16-17-5-4-14-35-17)15-20(21)28-10-12-29(13-11-28)37(32,33)22-7-3-2-6-19(22)23(24,25)26/h2-3,6-9,15,17,27H,4-5,10-14,16H2,1H3/t17-/m1/s1. The van der Waals surface area contributed by atoms with Crippen LogP contribution in [0.15, 0.2) is 52.3 Å². The van der Waals surface area contributed by atoms with Crippen LogP contribution < -0.4 is 14.4 Å². The first-order valence-electron chi connectivity index (χ1n) is 11.6. The van der Waals surface area contributed by atoms with Crippen molar-refractivity contribution in [2.75, 3.05) is 51.3 Å². The van der Waals surface area contributed by atoms with Gasteiger partial charge in [0.25, 0.3) is 0 Å². The van der Waals surface area contributed by atoms with Gasteiger partial charge in [-0.05, 0) is 43.2 Å². The van der Waals surface area contributed by atoms with Gasteiger partial charge in [-0.25, -0.2) is 21.6 Å². The van der Waals surface area contributed by atoms with E-state index < -0.39 is 36.7 Å². The van der Waals surface area contributed by atoms with Gasteiger partial charge in [-0.1, -0.05) is 12.1 Å². The molecule has 2 aromatic carbocycles. The van der Waals surface area contributed by atoms with Crippen LogP contribution in [-0.2, 0) is 31.0 Å². The van der Waals surface area contributed by atoms with E-state index in [-0.39, 0.29) is 43.7 Å². The van der Waals surface area contributed by atoms with Crippen LogP contribution in [-0.4, -0.2) is 73.7 Å². The number of hydrogen-bond acceptors (Lipinski definition) is 7. The molecule has 37 heavy (non-hydrogen) atoms. The number of anilines is 1. The third kappa shape index (κ3) is 6.03. The Labute approximate surface area is 214 Å². The average molecular weight is 564 g/mol. The van der Waals surface area contributed by atoms with Gasteiger partial charge in [-0.2, -0.15) is 17.5 Å². The number of sulfonamides is 2. The number of nitrogens with one attached hydrogen (secondary N) is 1. The van der Waals surface area contributed by atoms with Gasteiger partial charge in [0.2, 0.25) is 20.0 Å². The molecule has 2 fully saturated rings. The molecule has 0 saturated carbocycles. The molecule has 14 heteroatoms. The van der Waals surface area contributed by atoms with Crippen LogP contribution in [0.1, 0.15) is 18.4 Å². The molecule has 2 aromatic rings. The van der Waals surface area contributed by atoms with E-state index in [1.807, 2.05) is 0 Å². The molecular weight excluding hydrogens is 535 g/mol. The molecule has 2 aliphatic heterocycles. The maximum absolute atomic E-state index is 13.4. The summed E-state index contributed by atoms with van der Waals surface area (Å²) in [6, 6.07) is 8.45. The van der Waals surface area contributed by atoms with Gasteiger partial charge in [0.1, 0.15) is 5.75 Å². The Kier molecular flexibility index (Phi) is 8.04. The first-order valence-corrected chi connectivity index (χ1v) is 14.6. The number of rotatable bonds is 8. The van der Waals surface area contributed by atoms with Crippen molar-refractivity contribution in [2.45, 2.75) is 34.9 Å². The summed E-state index contributed by atoms with van der Waals surface area (Å²) in [5.41, 5.74) is -0.775. The monoisotopic (exact) mass is 563 g/mol. The Bertz CT molecular complexity index is 1320. The predicted molar refractivity (Wildman–Crippen MR) is 130 cm³/mol. The van der Waals surface area contributed by atoms with Crippen LogP contribution in [0.3, 0.4) is 0 Å². The van der Waals surface area contributed by atoms with E-state index in [2.05, 4.69) is 4.72 Å². The molecule has 1 atom stereocenters. The minimum atomic E-state index is -4.82. The van der Waals surface area contributed by atoms with Gasteiger partial charge in [-0.15, -0.1) is 0 Å². The highest BCUT2D eigenvalue weighted by molar-refractivity contribution is 7.89. The molecule has 2 saturated heterocycles. The van der Waals surface area contributed by atoms with Crippen molar-refractivity contribution in [3.63, 3.8) is 0 Å². The molecule has 0 aliphatic carbocycles. The van der Waals surface area contributed by atoms with E-state index in [1.54, 1.807) is 4.90 Å². The normalized spacial score (nSPS) is 19.8. The van der Waals surface area contributed by atoms with Crippen molar-refractivity contribution in [3.8, 4) is 5.75 Å². The molecule has 4 rings (SSSR count). The molecule has 204 valence electrons. The largest absolute Gasteiger partial charge is 0.495 e. The lowest BCUT2D eigenvalue weighted by Crippen LogP contribution is -2.49. The second kappa shape index (κ2) is 10.8. The third-order valence-electron chi connectivity index (χ3n) is 6.38. The molecule has 0 unspecified atom stereocenters. The highest BCUT2D eigenvalue weighted by atomic mass is 32.2. The van der Waals surface area contributed by atoms with E-state index in [9.17, 15) is 30.0 Å². The van der Waals surface area contributed by atoms with Crippen LogP contribution in [0.5, 0.6) is 5.75 Å². The number of alkyl halides is 3. The van der Waals surface area contributed by atoms with Gasteiger partial charge in [-0.3, -0.25) is 0 Å². The number of benzene rings is 2. The Morgan fingerprint density at radius 1 is 1.05 bits per heavy atom. The Morgan fingerprint density at radius 3 is 2.38 bits per heavy atom. The number of nitrogens with zero attached hydrogens (tertiary/aromatic N) is 2. The van der Waals surface area contributed by atoms with Crippen LogP contribution >= 0.6 is 0 Å². The van der Waals surface area contributed by atoms with Gasteiger partial charge >= 0.3 is 6.18 Å². The number of halogens is 3. The minimum Gasteiger partial charge on any atom is -0.495 e. The van der Waals surface area contributed by atoms with Crippen molar-refractivity contribution in [1.29, 1.82) is 0 Å². The molecule has 2 heterocycles. The maximum Gasteiger partial charge on any atom is 0.417 e. The third-order valence-corrected chi connectivity index (χ3v) is 9.75. The van der Waals surface area contributed by atoms with Crippen LogP contribution in [0.25, 0.3) is 0 Å². The summed E-state index contributed by atoms with van der Waals surface area (Å²) in [6.07, 6.45) is -3.34. The molecule has 0 spiro atoms. The molecule has 9 nitrogen and oxygen atoms in total. The molecule has 1 N–H and O–H groups in total. The van der Waals surface area contributed by atoms with Crippen LogP contribution in [0, 0.1) is 0 Å². The van der Waals surface area contributed by atoms with E-state index in [1.165, 1.54) is 31.4 Å². The zero-order valence-electron chi connectivity index (χ0n) is 20.1. The smallest absolute Gasteiger partial charge is 0.417 e. The quantitative estimate of drug-likeness (QED) is 0.527. The zero-order chi connectivity index (χ0) is 26.8. The van der Waals surface area contributed by atoms with Crippen molar-refractivity contribution in [1.82, 2.24) is 9.03 Å². The molecule has 0 amide bonds. The fourth-order valence-electron chi connectivity index (χ4n) is 4.41. The first kappa shape index (κ1) is 27.6. The van der Waals surface area contributed by atoms with E-state index in [0.29, 0.717) is 18.0 Å². The molecule has 0 radical (unpaired) electrons. The topological polar surface area (TPSA) is 105 Å². The summed E-state index contributed by atoms with van der Waals surface area (Å²) in [5.74, 6) is 0.386. The van der Waals surface area contributed by atoms with Crippen molar-refractivity contribution >= 4 is 25.7 Å². The summed E-state index contributed by atoms with van der Waals surface area (Å²) in [6.45, 7) is 0.813. The SMILES string of the molecule is COc1ccc(S(=O)(=O)NC[C@H]2CCCO2)cc1N1CCN(S(=O)(=O)c2ccccc2C(F)(F)F)CC1. The second-order valence-corrected chi connectivity index (χ2v) is 12.4. The number of methoxy groups -OCH3 is 1. The number of ether oxygens (including phenoxy) is 2. The summed E-state index contributed by atoms with van der Waals surface area (Å²) in [4.78, 5) is 0.967. The highest BCUT2D eigenvalue weighted by Crippen LogP contribution is 2.36. The van der Waals surface area contributed by atoms with E-state index in [4.69, 9.17) is 9.47 Å². The summed E-state index contributed by atoms with van der Waals surface area (Å²) in [5, 5.41) is 0. The van der Waals surface area contributed by atoms with Gasteiger partial charge in [0, 0.05) is 39.3 Å². The first-order chi connectivity index (χ1) is 17.4. The fourth-order valence-corrected chi connectivity index (χ4v) is 7.13. The van der Waals surface area contributed by atoms with E-state index in [0.717, 1.165) is 35.3 Å². The molecule has 0 bridgehead atoms. The Hall–Kier alpha value is -2.39. The maximum atomic E-state index is 13.4. The predicted octanol–water partition coefficient (Wildman–Crippen LogP) is 2.68. The Morgan fingerprint density at radius 2 is 1.76 bits per heavy atom. The summed E-state index contributed by atoms with van der Waals surface area (Å²) < 4.78 is 107.